The van der Waals surface area contributed by atoms with Crippen LogP contribution in [0, 0.1) is 0 Å². The third-order valence-electron chi connectivity index (χ3n) is 5.56. The molecule has 2 aromatic carbocycles. The van der Waals surface area contributed by atoms with Crippen LogP contribution >= 0.6 is 22.7 Å². The number of carbonyl (C=O) groups is 2. The average Bonchev–Trinajstić information content (AvgIpc) is 3.28. The molecule has 31 heavy (non-hydrogen) atoms. The summed E-state index contributed by atoms with van der Waals surface area (Å²) < 4.78 is 10.9. The first kappa shape index (κ1) is 21.8. The van der Waals surface area contributed by atoms with Gasteiger partial charge in [0, 0.05) is 33.0 Å². The number of thiophene rings is 2. The highest BCUT2D eigenvalue weighted by molar-refractivity contribution is 7.36. The molecule has 0 aliphatic heterocycles. The lowest BCUT2D eigenvalue weighted by atomic mass is 10.1. The molecule has 2 heterocycles. The molecule has 1 N–H and O–H groups in total. The normalized spacial score (nSPS) is 12.5. The van der Waals surface area contributed by atoms with E-state index in [1.165, 1.54) is 29.6 Å². The van der Waals surface area contributed by atoms with Crippen molar-refractivity contribution in [1.82, 2.24) is 0 Å². The Labute approximate surface area is 189 Å². The third kappa shape index (κ3) is 5.08. The van der Waals surface area contributed by atoms with E-state index in [0.717, 1.165) is 31.2 Å². The van der Waals surface area contributed by atoms with Gasteiger partial charge in [-0.1, -0.05) is 49.6 Å². The van der Waals surface area contributed by atoms with E-state index in [4.69, 9.17) is 9.84 Å². The van der Waals surface area contributed by atoms with Crippen molar-refractivity contribution in [1.29, 1.82) is 0 Å². The maximum atomic E-state index is 12.2. The summed E-state index contributed by atoms with van der Waals surface area (Å²) in [7, 11) is 0. The summed E-state index contributed by atoms with van der Waals surface area (Å²) in [5.41, 5.74) is 1.02. The molecule has 4 nitrogen and oxygen atoms in total. The van der Waals surface area contributed by atoms with Crippen LogP contribution in [0.3, 0.4) is 0 Å². The first-order valence-electron chi connectivity index (χ1n) is 10.8. The summed E-state index contributed by atoms with van der Waals surface area (Å²) in [5.74, 6) is -0.914. The molecule has 0 aliphatic rings. The highest BCUT2D eigenvalue weighted by Gasteiger charge is 2.16. The van der Waals surface area contributed by atoms with E-state index in [0.29, 0.717) is 12.8 Å². The Balaban J connectivity index is 1.33. The molecule has 0 saturated carbocycles. The SMILES string of the molecule is CC(OC(=O)CCCCCCCC(=O)O)c1ccc2c(c1)sc1c3ccccc3sc21. The van der Waals surface area contributed by atoms with E-state index in [-0.39, 0.29) is 18.5 Å². The van der Waals surface area contributed by atoms with Gasteiger partial charge in [-0.2, -0.15) is 0 Å². The van der Waals surface area contributed by atoms with Gasteiger partial charge in [-0.25, -0.2) is 0 Å². The molecule has 2 aromatic heterocycles. The number of ether oxygens (including phenoxy) is 1. The molecule has 0 radical (unpaired) electrons. The summed E-state index contributed by atoms with van der Waals surface area (Å²) in [5, 5.41) is 11.2. The van der Waals surface area contributed by atoms with Crippen LogP contribution in [0.15, 0.2) is 42.5 Å². The number of aliphatic carboxylic acids is 1. The number of carbonyl (C=O) groups excluding carboxylic acids is 1. The van der Waals surface area contributed by atoms with E-state index in [9.17, 15) is 9.59 Å². The van der Waals surface area contributed by atoms with Crippen molar-refractivity contribution < 1.29 is 19.4 Å². The molecule has 1 unspecified atom stereocenters. The summed E-state index contributed by atoms with van der Waals surface area (Å²) in [4.78, 5) is 22.7. The van der Waals surface area contributed by atoms with Crippen LogP contribution in [-0.2, 0) is 14.3 Å². The van der Waals surface area contributed by atoms with E-state index in [1.807, 2.05) is 18.3 Å². The number of hydrogen-bond donors (Lipinski definition) is 1. The lowest BCUT2D eigenvalue weighted by Gasteiger charge is -2.14. The Bertz CT molecular complexity index is 1220. The van der Waals surface area contributed by atoms with E-state index in [2.05, 4.69) is 42.5 Å². The Morgan fingerprint density at radius 1 is 0.871 bits per heavy atom. The summed E-state index contributed by atoms with van der Waals surface area (Å²) in [6.07, 6.45) is 4.62. The predicted octanol–water partition coefficient (Wildman–Crippen LogP) is 7.69. The summed E-state index contributed by atoms with van der Waals surface area (Å²) in [6.45, 7) is 1.93. The topological polar surface area (TPSA) is 63.6 Å². The minimum Gasteiger partial charge on any atom is -0.481 e. The van der Waals surface area contributed by atoms with Gasteiger partial charge in [0.2, 0.25) is 0 Å². The quantitative estimate of drug-likeness (QED) is 0.197. The van der Waals surface area contributed by atoms with Gasteiger partial charge >= 0.3 is 11.9 Å². The predicted molar refractivity (Wildman–Crippen MR) is 129 cm³/mol. The van der Waals surface area contributed by atoms with Crippen LogP contribution in [-0.4, -0.2) is 17.0 Å². The smallest absolute Gasteiger partial charge is 0.306 e. The molecule has 1 atom stereocenters. The fourth-order valence-corrected chi connectivity index (χ4v) is 6.58. The molecule has 0 spiro atoms. The van der Waals surface area contributed by atoms with Gasteiger partial charge in [0.25, 0.3) is 0 Å². The molecule has 4 aromatic rings. The number of benzene rings is 2. The molecule has 162 valence electrons. The van der Waals surface area contributed by atoms with E-state index < -0.39 is 5.97 Å². The van der Waals surface area contributed by atoms with Gasteiger partial charge in [0.15, 0.2) is 0 Å². The molecular weight excluding hydrogens is 428 g/mol. The van der Waals surface area contributed by atoms with Crippen LogP contribution in [0.2, 0.25) is 0 Å². The fourth-order valence-electron chi connectivity index (χ4n) is 3.87. The Morgan fingerprint density at radius 3 is 2.29 bits per heavy atom. The van der Waals surface area contributed by atoms with Gasteiger partial charge in [0.05, 0.1) is 9.40 Å². The van der Waals surface area contributed by atoms with Crippen LogP contribution in [0.25, 0.3) is 29.6 Å². The van der Waals surface area contributed by atoms with Crippen molar-refractivity contribution in [2.75, 3.05) is 0 Å². The summed E-state index contributed by atoms with van der Waals surface area (Å²) >= 11 is 3.64. The Kier molecular flexibility index (Phi) is 6.88. The molecule has 4 rings (SSSR count). The standard InChI is InChI=1S/C25H26O4S2/c1-16(29-23(28)12-6-4-2-3-5-11-22(26)27)17-13-14-19-21(15-17)31-24-18-9-7-8-10-20(18)30-25(19)24/h7-10,13-16H,2-6,11-12H2,1H3,(H,26,27). The average molecular weight is 455 g/mol. The van der Waals surface area contributed by atoms with Gasteiger partial charge in [0.1, 0.15) is 6.10 Å². The third-order valence-corrected chi connectivity index (χ3v) is 8.08. The van der Waals surface area contributed by atoms with Crippen LogP contribution in [0.1, 0.15) is 63.5 Å². The zero-order valence-corrected chi connectivity index (χ0v) is 19.2. The fraction of sp³-hybridized carbons (Fsp3) is 0.360. The first-order chi connectivity index (χ1) is 15.0. The molecule has 0 saturated heterocycles. The Morgan fingerprint density at radius 2 is 1.52 bits per heavy atom. The maximum Gasteiger partial charge on any atom is 0.306 e. The number of fused-ring (bicyclic) bond motifs is 5. The Hall–Kier alpha value is -2.44. The second kappa shape index (κ2) is 9.79. The molecule has 0 fully saturated rings. The number of esters is 1. The summed E-state index contributed by atoms with van der Waals surface area (Å²) in [6, 6.07) is 14.9. The first-order valence-corrected chi connectivity index (χ1v) is 12.4. The largest absolute Gasteiger partial charge is 0.481 e. The van der Waals surface area contributed by atoms with E-state index >= 15 is 0 Å². The monoisotopic (exact) mass is 454 g/mol. The zero-order chi connectivity index (χ0) is 21.8. The lowest BCUT2D eigenvalue weighted by Crippen LogP contribution is -2.08. The number of rotatable bonds is 10. The molecule has 0 bridgehead atoms. The van der Waals surface area contributed by atoms with E-state index in [1.54, 1.807) is 11.3 Å². The van der Waals surface area contributed by atoms with Crippen molar-refractivity contribution in [2.24, 2.45) is 0 Å². The second-order valence-electron chi connectivity index (χ2n) is 7.91. The van der Waals surface area contributed by atoms with Crippen LogP contribution in [0.5, 0.6) is 0 Å². The van der Waals surface area contributed by atoms with Crippen molar-refractivity contribution in [3.05, 3.63) is 48.0 Å². The minimum absolute atomic E-state index is 0.170. The molecule has 0 amide bonds. The number of hydrogen-bond acceptors (Lipinski definition) is 5. The van der Waals surface area contributed by atoms with Gasteiger partial charge in [-0.3, -0.25) is 9.59 Å². The molecule has 0 aliphatic carbocycles. The van der Waals surface area contributed by atoms with Crippen molar-refractivity contribution in [3.63, 3.8) is 0 Å². The maximum absolute atomic E-state index is 12.2. The molecule has 6 heteroatoms. The highest BCUT2D eigenvalue weighted by atomic mass is 32.1. The van der Waals surface area contributed by atoms with Crippen molar-refractivity contribution >= 4 is 64.2 Å². The van der Waals surface area contributed by atoms with Gasteiger partial charge < -0.3 is 9.84 Å². The minimum atomic E-state index is -0.744. The van der Waals surface area contributed by atoms with Crippen LogP contribution < -0.4 is 0 Å². The van der Waals surface area contributed by atoms with Crippen molar-refractivity contribution in [3.8, 4) is 0 Å². The number of carboxylic acids is 1. The van der Waals surface area contributed by atoms with Crippen LogP contribution in [0.4, 0.5) is 0 Å². The second-order valence-corrected chi connectivity index (χ2v) is 10.0. The molecular formula is C25H26O4S2. The highest BCUT2D eigenvalue weighted by Crippen LogP contribution is 2.44. The van der Waals surface area contributed by atoms with Crippen molar-refractivity contribution in [2.45, 2.75) is 58.0 Å². The van der Waals surface area contributed by atoms with Gasteiger partial charge in [-0.15, -0.1) is 22.7 Å². The number of unbranched alkanes of at least 4 members (excludes halogenated alkanes) is 4. The zero-order valence-electron chi connectivity index (χ0n) is 17.6. The number of carboxylic acid groups (broad SMARTS) is 1. The lowest BCUT2D eigenvalue weighted by molar-refractivity contribution is -0.148. The van der Waals surface area contributed by atoms with Gasteiger partial charge in [-0.05, 0) is 37.5 Å².